The summed E-state index contributed by atoms with van der Waals surface area (Å²) in [5.74, 6) is 0.594. The van der Waals surface area contributed by atoms with Crippen molar-refractivity contribution in [2.45, 2.75) is 25.4 Å². The second-order valence-electron chi connectivity index (χ2n) is 6.84. The van der Waals surface area contributed by atoms with E-state index in [0.29, 0.717) is 43.2 Å². The molecule has 0 amide bonds. The Morgan fingerprint density at radius 1 is 1.14 bits per heavy atom. The molecule has 1 fully saturated rings. The van der Waals surface area contributed by atoms with Gasteiger partial charge in [-0.2, -0.15) is 14.7 Å². The van der Waals surface area contributed by atoms with Crippen molar-refractivity contribution in [1.29, 1.82) is 5.26 Å². The summed E-state index contributed by atoms with van der Waals surface area (Å²) in [7, 11) is -2.06. The van der Waals surface area contributed by atoms with Gasteiger partial charge in [-0.3, -0.25) is 9.69 Å². The normalized spacial score (nSPS) is 15.8. The van der Waals surface area contributed by atoms with E-state index in [1.54, 1.807) is 26.0 Å². The molecule has 9 nitrogen and oxygen atoms in total. The minimum absolute atomic E-state index is 0.0956. The number of nitriles is 1. The Hall–Kier alpha value is -2.74. The van der Waals surface area contributed by atoms with Gasteiger partial charge in [0.1, 0.15) is 17.4 Å². The quantitative estimate of drug-likeness (QED) is 0.705. The molecular weight excluding hydrogens is 394 g/mol. The number of hydrogen-bond donors (Lipinski definition) is 0. The van der Waals surface area contributed by atoms with Crippen molar-refractivity contribution < 1.29 is 13.2 Å². The van der Waals surface area contributed by atoms with Gasteiger partial charge in [0, 0.05) is 26.2 Å². The molecule has 1 aromatic heterocycles. The third-order valence-corrected chi connectivity index (χ3v) is 7.02. The summed E-state index contributed by atoms with van der Waals surface area (Å²) >= 11 is 0. The van der Waals surface area contributed by atoms with E-state index in [1.165, 1.54) is 28.2 Å². The van der Waals surface area contributed by atoms with Gasteiger partial charge in [-0.05, 0) is 43.7 Å². The minimum Gasteiger partial charge on any atom is -0.497 e. The number of piperazine rings is 1. The van der Waals surface area contributed by atoms with Crippen molar-refractivity contribution in [1.82, 2.24) is 19.0 Å². The van der Waals surface area contributed by atoms with E-state index in [1.807, 2.05) is 11.0 Å². The zero-order chi connectivity index (χ0) is 21.2. The van der Waals surface area contributed by atoms with Crippen LogP contribution in [0.15, 0.2) is 34.0 Å². The van der Waals surface area contributed by atoms with Crippen LogP contribution in [0.2, 0.25) is 0 Å². The van der Waals surface area contributed by atoms with Crippen LogP contribution in [0.25, 0.3) is 0 Å². The van der Waals surface area contributed by atoms with E-state index in [9.17, 15) is 18.5 Å². The lowest BCUT2D eigenvalue weighted by Gasteiger charge is -2.33. The first-order valence-corrected chi connectivity index (χ1v) is 10.6. The van der Waals surface area contributed by atoms with Crippen LogP contribution in [0.4, 0.5) is 0 Å². The smallest absolute Gasteiger partial charge is 0.286 e. The molecule has 29 heavy (non-hydrogen) atoms. The molecule has 0 radical (unpaired) electrons. The Kier molecular flexibility index (Phi) is 6.02. The number of rotatable bonds is 5. The topological polar surface area (TPSA) is 109 Å². The van der Waals surface area contributed by atoms with Crippen molar-refractivity contribution in [3.05, 3.63) is 51.4 Å². The summed E-state index contributed by atoms with van der Waals surface area (Å²) in [5.41, 5.74) is 0.883. The molecule has 0 bridgehead atoms. The fraction of sp³-hybridized carbons (Fsp3) is 0.421. The molecule has 2 heterocycles. The maximum absolute atomic E-state index is 12.8. The number of benzene rings is 1. The summed E-state index contributed by atoms with van der Waals surface area (Å²) in [5, 5.41) is 13.5. The molecule has 0 N–H and O–H groups in total. The molecule has 2 aromatic rings. The number of sulfonamides is 1. The average molecular weight is 417 g/mol. The highest BCUT2D eigenvalue weighted by Crippen LogP contribution is 2.20. The van der Waals surface area contributed by atoms with Crippen molar-refractivity contribution in [2.24, 2.45) is 0 Å². The second kappa shape index (κ2) is 8.32. The molecule has 154 valence electrons. The fourth-order valence-corrected chi connectivity index (χ4v) is 4.62. The molecule has 0 saturated carbocycles. The van der Waals surface area contributed by atoms with Gasteiger partial charge >= 0.3 is 0 Å². The van der Waals surface area contributed by atoms with Gasteiger partial charge in [0.2, 0.25) is 10.0 Å². The molecular formula is C19H23N5O4S. The SMILES string of the molecule is COc1ccc(S(=O)(=O)N2CCN(Cn3nc(C)c(C)c(C#N)c3=O)CC2)cc1. The molecule has 1 aliphatic heterocycles. The van der Waals surface area contributed by atoms with Crippen LogP contribution in [0.3, 0.4) is 0 Å². The third kappa shape index (κ3) is 4.17. The highest BCUT2D eigenvalue weighted by Gasteiger charge is 2.29. The standard InChI is InChI=1S/C19H23N5O4S/c1-14-15(2)21-24(19(25)18(14)12-20)13-22-8-10-23(11-9-22)29(26,27)17-6-4-16(28-3)5-7-17/h4-7H,8-11,13H2,1-3H3. The molecule has 10 heteroatoms. The summed E-state index contributed by atoms with van der Waals surface area (Å²) in [6.45, 7) is 5.20. The van der Waals surface area contributed by atoms with E-state index in [0.717, 1.165) is 0 Å². The molecule has 1 saturated heterocycles. The number of ether oxygens (including phenoxy) is 1. The maximum Gasteiger partial charge on any atom is 0.286 e. The van der Waals surface area contributed by atoms with Crippen molar-refractivity contribution in [3.8, 4) is 11.8 Å². The predicted molar refractivity (Wildman–Crippen MR) is 106 cm³/mol. The molecule has 3 rings (SSSR count). The molecule has 0 aliphatic carbocycles. The highest BCUT2D eigenvalue weighted by atomic mass is 32.2. The van der Waals surface area contributed by atoms with Crippen molar-refractivity contribution >= 4 is 10.0 Å². The Morgan fingerprint density at radius 3 is 2.31 bits per heavy atom. The Morgan fingerprint density at radius 2 is 1.76 bits per heavy atom. The van der Waals surface area contributed by atoms with Crippen LogP contribution in [0, 0.1) is 25.2 Å². The van der Waals surface area contributed by atoms with Crippen LogP contribution in [0.1, 0.15) is 16.8 Å². The Labute approximate surface area is 169 Å². The number of methoxy groups -OCH3 is 1. The largest absolute Gasteiger partial charge is 0.497 e. The van der Waals surface area contributed by atoms with Crippen LogP contribution in [-0.2, 0) is 16.7 Å². The van der Waals surface area contributed by atoms with Gasteiger partial charge in [0.15, 0.2) is 0 Å². The number of aryl methyl sites for hydroxylation is 1. The highest BCUT2D eigenvalue weighted by molar-refractivity contribution is 7.89. The molecule has 1 aromatic carbocycles. The molecule has 1 aliphatic rings. The van der Waals surface area contributed by atoms with Gasteiger partial charge in [-0.25, -0.2) is 13.1 Å². The molecule has 0 atom stereocenters. The first kappa shape index (κ1) is 21.0. The number of nitrogens with zero attached hydrogens (tertiary/aromatic N) is 5. The van der Waals surface area contributed by atoms with Gasteiger partial charge in [-0.1, -0.05) is 0 Å². The van der Waals surface area contributed by atoms with E-state index >= 15 is 0 Å². The van der Waals surface area contributed by atoms with Gasteiger partial charge in [0.05, 0.1) is 24.4 Å². The number of hydrogen-bond acceptors (Lipinski definition) is 7. The molecule has 0 unspecified atom stereocenters. The van der Waals surface area contributed by atoms with E-state index < -0.39 is 15.6 Å². The first-order chi connectivity index (χ1) is 13.8. The lowest BCUT2D eigenvalue weighted by Crippen LogP contribution is -2.50. The van der Waals surface area contributed by atoms with Gasteiger partial charge < -0.3 is 4.74 Å². The van der Waals surface area contributed by atoms with E-state index in [-0.39, 0.29) is 17.1 Å². The number of aromatic nitrogens is 2. The zero-order valence-electron chi connectivity index (χ0n) is 16.6. The predicted octanol–water partition coefficient (Wildman–Crippen LogP) is 0.704. The summed E-state index contributed by atoms with van der Waals surface area (Å²) in [6.07, 6.45) is 0. The zero-order valence-corrected chi connectivity index (χ0v) is 17.4. The average Bonchev–Trinajstić information content (AvgIpc) is 2.73. The summed E-state index contributed by atoms with van der Waals surface area (Å²) in [4.78, 5) is 14.6. The van der Waals surface area contributed by atoms with Gasteiger partial charge in [0.25, 0.3) is 5.56 Å². The minimum atomic E-state index is -3.59. The van der Waals surface area contributed by atoms with Crippen molar-refractivity contribution in [2.75, 3.05) is 33.3 Å². The maximum atomic E-state index is 12.8. The van der Waals surface area contributed by atoms with E-state index in [4.69, 9.17) is 4.74 Å². The summed E-state index contributed by atoms with van der Waals surface area (Å²) < 4.78 is 33.4. The Balaban J connectivity index is 1.70. The first-order valence-electron chi connectivity index (χ1n) is 9.13. The Bertz CT molecular complexity index is 1100. The van der Waals surface area contributed by atoms with Crippen LogP contribution < -0.4 is 10.3 Å². The van der Waals surface area contributed by atoms with Crippen LogP contribution in [0.5, 0.6) is 5.75 Å². The monoisotopic (exact) mass is 417 g/mol. The van der Waals surface area contributed by atoms with Crippen molar-refractivity contribution in [3.63, 3.8) is 0 Å². The third-order valence-electron chi connectivity index (χ3n) is 5.11. The van der Waals surface area contributed by atoms with Crippen LogP contribution >= 0.6 is 0 Å². The summed E-state index contributed by atoms with van der Waals surface area (Å²) in [6, 6.07) is 8.25. The fourth-order valence-electron chi connectivity index (χ4n) is 3.20. The van der Waals surface area contributed by atoms with Crippen LogP contribution in [-0.4, -0.2) is 60.7 Å². The van der Waals surface area contributed by atoms with E-state index in [2.05, 4.69) is 5.10 Å². The van der Waals surface area contributed by atoms with Gasteiger partial charge in [-0.15, -0.1) is 0 Å². The molecule has 0 spiro atoms. The lowest BCUT2D eigenvalue weighted by molar-refractivity contribution is 0.142. The lowest BCUT2D eigenvalue weighted by atomic mass is 10.1. The second-order valence-corrected chi connectivity index (χ2v) is 8.78.